The highest BCUT2D eigenvalue weighted by molar-refractivity contribution is 5.96. The number of methoxy groups -OCH3 is 2. The summed E-state index contributed by atoms with van der Waals surface area (Å²) >= 11 is 0. The average molecular weight is 333 g/mol. The van der Waals surface area contributed by atoms with E-state index in [9.17, 15) is 4.79 Å². The van der Waals surface area contributed by atoms with E-state index in [2.05, 4.69) is 16.9 Å². The molecule has 24 heavy (non-hydrogen) atoms. The molecule has 2 saturated heterocycles. The third kappa shape index (κ3) is 3.26. The summed E-state index contributed by atoms with van der Waals surface area (Å²) in [6.07, 6.45) is 4.90. The standard InChI is InChI=1S/C18H27N3O3/c1-20-13-18(11-14(20)12-23-2)6-9-21(10-7-18)17(22)15-5-4-8-19-16(15)24-3/h4-5,8,14H,6-7,9-13H2,1-3H3/t14-/m1/s1. The number of hydrogen-bond donors (Lipinski definition) is 0. The van der Waals surface area contributed by atoms with Crippen molar-refractivity contribution in [2.45, 2.75) is 25.3 Å². The Kier molecular flexibility index (Phi) is 5.06. The minimum atomic E-state index is 0.0228. The van der Waals surface area contributed by atoms with Crippen molar-refractivity contribution in [3.63, 3.8) is 0 Å². The van der Waals surface area contributed by atoms with E-state index in [4.69, 9.17) is 9.47 Å². The number of hydrogen-bond acceptors (Lipinski definition) is 5. The van der Waals surface area contributed by atoms with Gasteiger partial charge in [-0.3, -0.25) is 4.79 Å². The summed E-state index contributed by atoms with van der Waals surface area (Å²) in [5.41, 5.74) is 0.880. The number of aromatic nitrogens is 1. The molecule has 6 nitrogen and oxygen atoms in total. The Morgan fingerprint density at radius 2 is 2.12 bits per heavy atom. The topological polar surface area (TPSA) is 54.9 Å². The van der Waals surface area contributed by atoms with Crippen LogP contribution in [0.4, 0.5) is 0 Å². The highest BCUT2D eigenvalue weighted by atomic mass is 16.5. The SMILES string of the molecule is COC[C@H]1CC2(CCN(C(=O)c3cccnc3OC)CC2)CN1C. The van der Waals surface area contributed by atoms with Crippen LogP contribution in [-0.4, -0.2) is 74.2 Å². The number of amides is 1. The maximum Gasteiger partial charge on any atom is 0.259 e. The van der Waals surface area contributed by atoms with Crippen molar-refractivity contribution in [3.05, 3.63) is 23.9 Å². The van der Waals surface area contributed by atoms with Crippen LogP contribution in [0.25, 0.3) is 0 Å². The van der Waals surface area contributed by atoms with Crippen LogP contribution in [0.15, 0.2) is 18.3 Å². The fraction of sp³-hybridized carbons (Fsp3) is 0.667. The van der Waals surface area contributed by atoms with Crippen molar-refractivity contribution < 1.29 is 14.3 Å². The number of carbonyl (C=O) groups excluding carboxylic acids is 1. The molecular weight excluding hydrogens is 306 g/mol. The number of pyridine rings is 1. The van der Waals surface area contributed by atoms with Gasteiger partial charge < -0.3 is 19.3 Å². The number of rotatable bonds is 4. The van der Waals surface area contributed by atoms with Gasteiger partial charge in [-0.15, -0.1) is 0 Å². The number of likely N-dealkylation sites (N-methyl/N-ethyl adjacent to an activating group) is 1. The van der Waals surface area contributed by atoms with Crippen molar-refractivity contribution in [2.24, 2.45) is 5.41 Å². The van der Waals surface area contributed by atoms with E-state index < -0.39 is 0 Å². The van der Waals surface area contributed by atoms with Gasteiger partial charge in [0.25, 0.3) is 5.91 Å². The zero-order chi connectivity index (χ0) is 17.2. The Labute approximate surface area is 143 Å². The summed E-state index contributed by atoms with van der Waals surface area (Å²) in [5, 5.41) is 0. The Bertz CT molecular complexity index is 585. The normalized spacial score (nSPS) is 23.6. The molecule has 1 amide bonds. The van der Waals surface area contributed by atoms with Gasteiger partial charge in [0.05, 0.1) is 13.7 Å². The van der Waals surface area contributed by atoms with Gasteiger partial charge in [-0.05, 0) is 43.9 Å². The number of piperidine rings is 1. The minimum absolute atomic E-state index is 0.0228. The summed E-state index contributed by atoms with van der Waals surface area (Å²) in [4.78, 5) is 21.3. The summed E-state index contributed by atoms with van der Waals surface area (Å²) in [6.45, 7) is 3.47. The van der Waals surface area contributed by atoms with Gasteiger partial charge >= 0.3 is 0 Å². The molecule has 0 unspecified atom stereocenters. The highest BCUT2D eigenvalue weighted by Crippen LogP contribution is 2.43. The van der Waals surface area contributed by atoms with Crippen LogP contribution >= 0.6 is 0 Å². The quantitative estimate of drug-likeness (QED) is 0.839. The number of likely N-dealkylation sites (tertiary alicyclic amines) is 2. The van der Waals surface area contributed by atoms with Crippen molar-refractivity contribution in [2.75, 3.05) is 47.5 Å². The van der Waals surface area contributed by atoms with Crippen LogP contribution in [0.5, 0.6) is 5.88 Å². The zero-order valence-corrected chi connectivity index (χ0v) is 14.8. The monoisotopic (exact) mass is 333 g/mol. The first kappa shape index (κ1) is 17.2. The van der Waals surface area contributed by atoms with Gasteiger partial charge in [0.15, 0.2) is 0 Å². The lowest BCUT2D eigenvalue weighted by atomic mass is 9.76. The Morgan fingerprint density at radius 1 is 1.38 bits per heavy atom. The van der Waals surface area contributed by atoms with E-state index in [1.807, 2.05) is 4.90 Å². The van der Waals surface area contributed by atoms with Crippen molar-refractivity contribution >= 4 is 5.91 Å². The molecular formula is C18H27N3O3. The maximum absolute atomic E-state index is 12.8. The molecule has 2 fully saturated rings. The molecule has 2 aliphatic rings. The zero-order valence-electron chi connectivity index (χ0n) is 14.8. The van der Waals surface area contributed by atoms with Gasteiger partial charge in [-0.2, -0.15) is 0 Å². The Hall–Kier alpha value is -1.66. The lowest BCUT2D eigenvalue weighted by molar-refractivity contribution is 0.0588. The summed E-state index contributed by atoms with van der Waals surface area (Å²) in [6, 6.07) is 4.06. The second-order valence-electron chi connectivity index (χ2n) is 7.08. The van der Waals surface area contributed by atoms with Crippen LogP contribution in [0.1, 0.15) is 29.6 Å². The molecule has 3 rings (SSSR count). The van der Waals surface area contributed by atoms with Crippen LogP contribution in [-0.2, 0) is 4.74 Å². The number of nitrogens with zero attached hydrogens (tertiary/aromatic N) is 3. The average Bonchev–Trinajstić information content (AvgIpc) is 2.90. The molecule has 1 spiro atoms. The molecule has 0 radical (unpaired) electrons. The molecule has 6 heteroatoms. The van der Waals surface area contributed by atoms with Crippen molar-refractivity contribution in [3.8, 4) is 5.88 Å². The van der Waals surface area contributed by atoms with Gasteiger partial charge in [0.2, 0.25) is 5.88 Å². The van der Waals surface area contributed by atoms with Crippen molar-refractivity contribution in [1.29, 1.82) is 0 Å². The third-order valence-corrected chi connectivity index (χ3v) is 5.54. The van der Waals surface area contributed by atoms with E-state index >= 15 is 0 Å². The molecule has 1 aromatic heterocycles. The predicted molar refractivity (Wildman–Crippen MR) is 91.3 cm³/mol. The number of carbonyl (C=O) groups is 1. The fourth-order valence-corrected chi connectivity index (χ4v) is 4.19. The molecule has 0 aromatic carbocycles. The van der Waals surface area contributed by atoms with Crippen LogP contribution in [0.2, 0.25) is 0 Å². The fourth-order valence-electron chi connectivity index (χ4n) is 4.19. The van der Waals surface area contributed by atoms with Crippen LogP contribution in [0, 0.1) is 5.41 Å². The predicted octanol–water partition coefficient (Wildman–Crippen LogP) is 1.66. The molecule has 2 aliphatic heterocycles. The van der Waals surface area contributed by atoms with Gasteiger partial charge in [-0.1, -0.05) is 0 Å². The minimum Gasteiger partial charge on any atom is -0.480 e. The van der Waals surface area contributed by atoms with Gasteiger partial charge in [0, 0.05) is 39.0 Å². The molecule has 1 atom stereocenters. The summed E-state index contributed by atoms with van der Waals surface area (Å²) in [5.74, 6) is 0.429. The third-order valence-electron chi connectivity index (χ3n) is 5.54. The van der Waals surface area contributed by atoms with E-state index in [-0.39, 0.29) is 5.91 Å². The van der Waals surface area contributed by atoms with Gasteiger partial charge in [0.1, 0.15) is 5.56 Å². The van der Waals surface area contributed by atoms with E-state index in [0.29, 0.717) is 22.9 Å². The largest absolute Gasteiger partial charge is 0.480 e. The Balaban J connectivity index is 1.64. The summed E-state index contributed by atoms with van der Waals surface area (Å²) in [7, 11) is 5.49. The van der Waals surface area contributed by atoms with Crippen molar-refractivity contribution in [1.82, 2.24) is 14.8 Å². The molecule has 0 bridgehead atoms. The van der Waals surface area contributed by atoms with Crippen LogP contribution < -0.4 is 4.74 Å². The highest BCUT2D eigenvalue weighted by Gasteiger charge is 2.44. The Morgan fingerprint density at radius 3 is 2.79 bits per heavy atom. The van der Waals surface area contributed by atoms with E-state index in [1.165, 1.54) is 0 Å². The maximum atomic E-state index is 12.8. The van der Waals surface area contributed by atoms with E-state index in [1.54, 1.807) is 32.5 Å². The van der Waals surface area contributed by atoms with Crippen LogP contribution in [0.3, 0.4) is 0 Å². The first-order valence-electron chi connectivity index (χ1n) is 8.56. The number of ether oxygens (including phenoxy) is 2. The lowest BCUT2D eigenvalue weighted by Gasteiger charge is -2.39. The smallest absolute Gasteiger partial charge is 0.259 e. The molecule has 0 N–H and O–H groups in total. The van der Waals surface area contributed by atoms with Gasteiger partial charge in [-0.25, -0.2) is 4.98 Å². The first-order valence-corrected chi connectivity index (χ1v) is 8.56. The second-order valence-corrected chi connectivity index (χ2v) is 7.08. The van der Waals surface area contributed by atoms with E-state index in [0.717, 1.165) is 45.5 Å². The molecule has 132 valence electrons. The molecule has 3 heterocycles. The second kappa shape index (κ2) is 7.07. The molecule has 0 aliphatic carbocycles. The summed E-state index contributed by atoms with van der Waals surface area (Å²) < 4.78 is 10.6. The first-order chi connectivity index (χ1) is 11.6. The molecule has 0 saturated carbocycles. The lowest BCUT2D eigenvalue weighted by Crippen LogP contribution is -2.44. The molecule has 1 aromatic rings.